The fraction of sp³-hybridized carbons (Fsp3) is 0.385. The van der Waals surface area contributed by atoms with E-state index in [9.17, 15) is 0 Å². The standard InChI is InChI=1S/C13H18N4/c1-9(14-4)12-7-5-6-8-13(12)17-11(3)15-10(2)16-17/h5-9,14H,1-4H3. The Morgan fingerprint density at radius 2 is 1.94 bits per heavy atom. The Labute approximate surface area is 102 Å². The van der Waals surface area contributed by atoms with Crippen molar-refractivity contribution in [3.63, 3.8) is 0 Å². The number of hydrogen-bond acceptors (Lipinski definition) is 3. The first-order chi connectivity index (χ1) is 8.13. The van der Waals surface area contributed by atoms with Gasteiger partial charge in [-0.1, -0.05) is 18.2 Å². The number of aromatic nitrogens is 3. The van der Waals surface area contributed by atoms with Crippen molar-refractivity contribution in [3.8, 4) is 5.69 Å². The Hall–Kier alpha value is -1.68. The normalized spacial score (nSPS) is 12.7. The van der Waals surface area contributed by atoms with Crippen molar-refractivity contribution in [2.45, 2.75) is 26.8 Å². The Bertz CT molecular complexity index is 516. The molecule has 17 heavy (non-hydrogen) atoms. The van der Waals surface area contributed by atoms with Crippen molar-refractivity contribution in [2.75, 3.05) is 7.05 Å². The molecule has 2 aromatic rings. The molecule has 1 aromatic heterocycles. The summed E-state index contributed by atoms with van der Waals surface area (Å²) in [6.07, 6.45) is 0. The van der Waals surface area contributed by atoms with Crippen LogP contribution < -0.4 is 5.32 Å². The molecule has 1 atom stereocenters. The van der Waals surface area contributed by atoms with Gasteiger partial charge in [-0.05, 0) is 39.4 Å². The molecule has 4 heteroatoms. The zero-order valence-corrected chi connectivity index (χ0v) is 10.7. The maximum absolute atomic E-state index is 4.44. The van der Waals surface area contributed by atoms with E-state index in [1.165, 1.54) is 5.56 Å². The van der Waals surface area contributed by atoms with Gasteiger partial charge in [0.15, 0.2) is 0 Å². The largest absolute Gasteiger partial charge is 0.313 e. The van der Waals surface area contributed by atoms with Gasteiger partial charge >= 0.3 is 0 Å². The SMILES string of the molecule is CNC(C)c1ccccc1-n1nc(C)nc1C. The van der Waals surface area contributed by atoms with E-state index in [1.54, 1.807) is 0 Å². The van der Waals surface area contributed by atoms with Gasteiger partial charge in [0.25, 0.3) is 0 Å². The molecule has 1 heterocycles. The van der Waals surface area contributed by atoms with Gasteiger partial charge in [-0.2, -0.15) is 5.10 Å². The summed E-state index contributed by atoms with van der Waals surface area (Å²) in [6, 6.07) is 8.55. The Kier molecular flexibility index (Phi) is 3.24. The van der Waals surface area contributed by atoms with Crippen LogP contribution in [0.2, 0.25) is 0 Å². The van der Waals surface area contributed by atoms with Crippen LogP contribution in [0.5, 0.6) is 0 Å². The molecule has 0 fully saturated rings. The maximum Gasteiger partial charge on any atom is 0.148 e. The van der Waals surface area contributed by atoms with E-state index in [0.717, 1.165) is 17.3 Å². The summed E-state index contributed by atoms with van der Waals surface area (Å²) in [7, 11) is 1.96. The summed E-state index contributed by atoms with van der Waals surface area (Å²) in [6.45, 7) is 6.02. The molecule has 1 unspecified atom stereocenters. The first kappa shape index (κ1) is 11.8. The molecule has 4 nitrogen and oxygen atoms in total. The fourth-order valence-electron chi connectivity index (χ4n) is 1.95. The maximum atomic E-state index is 4.44. The Morgan fingerprint density at radius 3 is 2.53 bits per heavy atom. The van der Waals surface area contributed by atoms with Crippen LogP contribution in [0, 0.1) is 13.8 Å². The van der Waals surface area contributed by atoms with Crippen molar-refractivity contribution >= 4 is 0 Å². The number of hydrogen-bond donors (Lipinski definition) is 1. The highest BCUT2D eigenvalue weighted by atomic mass is 15.3. The minimum Gasteiger partial charge on any atom is -0.313 e. The average Bonchev–Trinajstić information content (AvgIpc) is 2.67. The second-order valence-corrected chi connectivity index (χ2v) is 4.19. The van der Waals surface area contributed by atoms with Crippen LogP contribution in [-0.4, -0.2) is 21.8 Å². The third kappa shape index (κ3) is 2.22. The number of nitrogens with zero attached hydrogens (tertiary/aromatic N) is 3. The lowest BCUT2D eigenvalue weighted by atomic mass is 10.1. The van der Waals surface area contributed by atoms with Crippen LogP contribution in [0.25, 0.3) is 5.69 Å². The molecule has 0 spiro atoms. The zero-order chi connectivity index (χ0) is 12.4. The summed E-state index contributed by atoms with van der Waals surface area (Å²) in [5.74, 6) is 1.72. The van der Waals surface area contributed by atoms with Crippen LogP contribution in [-0.2, 0) is 0 Å². The monoisotopic (exact) mass is 230 g/mol. The zero-order valence-electron chi connectivity index (χ0n) is 10.7. The van der Waals surface area contributed by atoms with Crippen molar-refractivity contribution in [1.82, 2.24) is 20.1 Å². The molecule has 0 aliphatic heterocycles. The van der Waals surface area contributed by atoms with Crippen LogP contribution in [0.15, 0.2) is 24.3 Å². The quantitative estimate of drug-likeness (QED) is 0.878. The third-order valence-corrected chi connectivity index (χ3v) is 2.94. The summed E-state index contributed by atoms with van der Waals surface area (Å²) in [5, 5.41) is 7.69. The van der Waals surface area contributed by atoms with Crippen LogP contribution in [0.1, 0.15) is 30.2 Å². The summed E-state index contributed by atoms with van der Waals surface area (Å²) < 4.78 is 1.90. The van der Waals surface area contributed by atoms with Gasteiger partial charge in [0.05, 0.1) is 5.69 Å². The van der Waals surface area contributed by atoms with Gasteiger partial charge in [0.1, 0.15) is 11.6 Å². The highest BCUT2D eigenvalue weighted by Crippen LogP contribution is 2.21. The van der Waals surface area contributed by atoms with Crippen LogP contribution in [0.4, 0.5) is 0 Å². The number of rotatable bonds is 3. The highest BCUT2D eigenvalue weighted by Gasteiger charge is 2.12. The van der Waals surface area contributed by atoms with Gasteiger partial charge in [-0.15, -0.1) is 0 Å². The first-order valence-electron chi connectivity index (χ1n) is 5.80. The first-order valence-corrected chi connectivity index (χ1v) is 5.80. The minimum absolute atomic E-state index is 0.287. The van der Waals surface area contributed by atoms with Crippen molar-refractivity contribution < 1.29 is 0 Å². The molecule has 0 aliphatic carbocycles. The average molecular weight is 230 g/mol. The molecule has 0 radical (unpaired) electrons. The lowest BCUT2D eigenvalue weighted by Crippen LogP contribution is -2.15. The van der Waals surface area contributed by atoms with Crippen LogP contribution >= 0.6 is 0 Å². The lowest BCUT2D eigenvalue weighted by Gasteiger charge is -2.16. The van der Waals surface area contributed by atoms with E-state index in [1.807, 2.05) is 37.7 Å². The third-order valence-electron chi connectivity index (χ3n) is 2.94. The molecular weight excluding hydrogens is 212 g/mol. The van der Waals surface area contributed by atoms with E-state index < -0.39 is 0 Å². The second-order valence-electron chi connectivity index (χ2n) is 4.19. The Balaban J connectivity index is 2.55. The molecule has 90 valence electrons. The number of aryl methyl sites for hydroxylation is 2. The van der Waals surface area contributed by atoms with E-state index in [2.05, 4.69) is 34.5 Å². The fourth-order valence-corrected chi connectivity index (χ4v) is 1.95. The predicted octanol–water partition coefficient (Wildman–Crippen LogP) is 2.16. The minimum atomic E-state index is 0.287. The number of benzene rings is 1. The summed E-state index contributed by atoms with van der Waals surface area (Å²) in [5.41, 5.74) is 2.32. The smallest absolute Gasteiger partial charge is 0.148 e. The summed E-state index contributed by atoms with van der Waals surface area (Å²) in [4.78, 5) is 4.35. The van der Waals surface area contributed by atoms with Gasteiger partial charge in [-0.3, -0.25) is 0 Å². The van der Waals surface area contributed by atoms with Gasteiger partial charge in [-0.25, -0.2) is 9.67 Å². The molecular formula is C13H18N4. The predicted molar refractivity (Wildman–Crippen MR) is 68.3 cm³/mol. The molecule has 0 saturated heterocycles. The van der Waals surface area contributed by atoms with Gasteiger partial charge < -0.3 is 5.32 Å². The number of para-hydroxylation sites is 1. The highest BCUT2D eigenvalue weighted by molar-refractivity contribution is 5.42. The molecule has 1 N–H and O–H groups in total. The van der Waals surface area contributed by atoms with Crippen LogP contribution in [0.3, 0.4) is 0 Å². The molecule has 0 bridgehead atoms. The molecule has 0 amide bonds. The lowest BCUT2D eigenvalue weighted by molar-refractivity contribution is 0.642. The molecule has 0 aliphatic rings. The Morgan fingerprint density at radius 1 is 1.24 bits per heavy atom. The van der Waals surface area contributed by atoms with E-state index in [-0.39, 0.29) is 6.04 Å². The van der Waals surface area contributed by atoms with Gasteiger partial charge in [0.2, 0.25) is 0 Å². The molecule has 2 rings (SSSR count). The molecule has 0 saturated carbocycles. The van der Waals surface area contributed by atoms with E-state index in [4.69, 9.17) is 0 Å². The van der Waals surface area contributed by atoms with E-state index >= 15 is 0 Å². The summed E-state index contributed by atoms with van der Waals surface area (Å²) >= 11 is 0. The van der Waals surface area contributed by atoms with Crippen molar-refractivity contribution in [3.05, 3.63) is 41.5 Å². The number of nitrogens with one attached hydrogen (secondary N) is 1. The van der Waals surface area contributed by atoms with Crippen molar-refractivity contribution in [2.24, 2.45) is 0 Å². The van der Waals surface area contributed by atoms with Crippen molar-refractivity contribution in [1.29, 1.82) is 0 Å². The van der Waals surface area contributed by atoms with E-state index in [0.29, 0.717) is 0 Å². The van der Waals surface area contributed by atoms with Gasteiger partial charge in [0, 0.05) is 6.04 Å². The molecule has 1 aromatic carbocycles. The second kappa shape index (κ2) is 4.67. The topological polar surface area (TPSA) is 42.7 Å².